The average Bonchev–Trinajstić information content (AvgIpc) is 2.88. The van der Waals surface area contributed by atoms with E-state index in [2.05, 4.69) is 5.10 Å². The summed E-state index contributed by atoms with van der Waals surface area (Å²) in [5.74, 6) is -0.175. The van der Waals surface area contributed by atoms with E-state index >= 15 is 0 Å². The van der Waals surface area contributed by atoms with E-state index in [-0.39, 0.29) is 11.4 Å². The maximum atomic E-state index is 11.8. The minimum absolute atomic E-state index is 0.282. The zero-order valence-corrected chi connectivity index (χ0v) is 11.6. The van der Waals surface area contributed by atoms with Crippen LogP contribution in [0.2, 0.25) is 0 Å². The van der Waals surface area contributed by atoms with Crippen molar-refractivity contribution in [1.29, 1.82) is 0 Å². The van der Waals surface area contributed by atoms with Crippen LogP contribution in [0.25, 0.3) is 16.5 Å². The number of nitrogens with zero attached hydrogens (tertiary/aromatic N) is 2. The summed E-state index contributed by atoms with van der Waals surface area (Å²) in [7, 11) is 0. The second kappa shape index (κ2) is 5.28. The van der Waals surface area contributed by atoms with Gasteiger partial charge in [0.2, 0.25) is 0 Å². The number of anilines is 1. The van der Waals surface area contributed by atoms with Crippen LogP contribution < -0.4 is 5.73 Å². The fraction of sp³-hybridized carbons (Fsp3) is 0.125. The van der Waals surface area contributed by atoms with Gasteiger partial charge < -0.3 is 10.5 Å². The van der Waals surface area contributed by atoms with Crippen LogP contribution in [0.15, 0.2) is 48.7 Å². The highest BCUT2D eigenvalue weighted by Crippen LogP contribution is 2.25. The number of benzene rings is 2. The Morgan fingerprint density at radius 3 is 2.81 bits per heavy atom. The second-order valence-electron chi connectivity index (χ2n) is 4.57. The lowest BCUT2D eigenvalue weighted by Gasteiger charge is -2.08. The molecule has 0 radical (unpaired) electrons. The molecule has 0 unspecified atom stereocenters. The van der Waals surface area contributed by atoms with Gasteiger partial charge in [-0.2, -0.15) is 5.10 Å². The quantitative estimate of drug-likeness (QED) is 0.749. The molecule has 0 aliphatic rings. The van der Waals surface area contributed by atoms with E-state index in [1.165, 1.54) is 6.20 Å². The monoisotopic (exact) mass is 281 g/mol. The van der Waals surface area contributed by atoms with Gasteiger partial charge in [-0.1, -0.05) is 36.4 Å². The summed E-state index contributed by atoms with van der Waals surface area (Å²) in [6.07, 6.45) is 1.44. The van der Waals surface area contributed by atoms with Gasteiger partial charge in [0, 0.05) is 5.39 Å². The minimum atomic E-state index is -0.457. The molecule has 0 fully saturated rings. The van der Waals surface area contributed by atoms with Crippen LogP contribution in [0.4, 0.5) is 5.82 Å². The molecule has 3 rings (SSSR count). The fourth-order valence-corrected chi connectivity index (χ4v) is 2.31. The van der Waals surface area contributed by atoms with Crippen molar-refractivity contribution in [1.82, 2.24) is 9.78 Å². The molecular formula is C16H15N3O2. The van der Waals surface area contributed by atoms with E-state index in [4.69, 9.17) is 10.5 Å². The van der Waals surface area contributed by atoms with E-state index in [0.717, 1.165) is 16.5 Å². The van der Waals surface area contributed by atoms with Crippen LogP contribution in [0, 0.1) is 0 Å². The molecule has 21 heavy (non-hydrogen) atoms. The zero-order valence-electron chi connectivity index (χ0n) is 11.6. The van der Waals surface area contributed by atoms with Gasteiger partial charge in [0.25, 0.3) is 0 Å². The first-order valence-corrected chi connectivity index (χ1v) is 6.71. The van der Waals surface area contributed by atoms with E-state index in [1.807, 2.05) is 42.5 Å². The van der Waals surface area contributed by atoms with Crippen LogP contribution in [-0.4, -0.2) is 22.4 Å². The summed E-state index contributed by atoms with van der Waals surface area (Å²) in [5, 5.41) is 6.33. The van der Waals surface area contributed by atoms with Crippen molar-refractivity contribution < 1.29 is 9.53 Å². The number of nitrogens with two attached hydrogens (primary N) is 1. The minimum Gasteiger partial charge on any atom is -0.462 e. The lowest BCUT2D eigenvalue weighted by Crippen LogP contribution is -2.09. The number of hydrogen-bond donors (Lipinski definition) is 1. The standard InChI is InChI=1S/C16H15N3O2/c1-2-21-16(20)13-10-18-19(15(13)17)14-9-5-7-11-6-3-4-8-12(11)14/h3-10H,2,17H2,1H3. The van der Waals surface area contributed by atoms with Crippen LogP contribution in [0.3, 0.4) is 0 Å². The Morgan fingerprint density at radius 1 is 1.24 bits per heavy atom. The van der Waals surface area contributed by atoms with Crippen LogP contribution in [0.1, 0.15) is 17.3 Å². The van der Waals surface area contributed by atoms with Crippen molar-refractivity contribution >= 4 is 22.6 Å². The van der Waals surface area contributed by atoms with Crippen LogP contribution in [0.5, 0.6) is 0 Å². The number of aromatic nitrogens is 2. The summed E-state index contributed by atoms with van der Waals surface area (Å²) >= 11 is 0. The highest BCUT2D eigenvalue weighted by molar-refractivity contribution is 5.95. The Bertz CT molecular complexity index is 803. The SMILES string of the molecule is CCOC(=O)c1cnn(-c2cccc3ccccc23)c1N. The number of nitrogen functional groups attached to an aromatic ring is 1. The van der Waals surface area contributed by atoms with Crippen molar-refractivity contribution in [3.05, 3.63) is 54.2 Å². The molecule has 0 aliphatic carbocycles. The number of esters is 1. The number of ether oxygens (including phenoxy) is 1. The summed E-state index contributed by atoms with van der Waals surface area (Å²) in [5.41, 5.74) is 7.17. The number of carbonyl (C=O) groups excluding carboxylic acids is 1. The van der Waals surface area contributed by atoms with Crippen LogP contribution in [-0.2, 0) is 4.74 Å². The van der Waals surface area contributed by atoms with Gasteiger partial charge in [-0.3, -0.25) is 0 Å². The van der Waals surface area contributed by atoms with Gasteiger partial charge in [-0.05, 0) is 18.4 Å². The smallest absolute Gasteiger partial charge is 0.343 e. The molecule has 2 aromatic carbocycles. The topological polar surface area (TPSA) is 70.1 Å². The molecule has 0 amide bonds. The van der Waals surface area contributed by atoms with Gasteiger partial charge in [-0.15, -0.1) is 0 Å². The number of hydrogen-bond acceptors (Lipinski definition) is 4. The van der Waals surface area contributed by atoms with Crippen molar-refractivity contribution in [3.63, 3.8) is 0 Å². The van der Waals surface area contributed by atoms with Gasteiger partial charge >= 0.3 is 5.97 Å². The third-order valence-electron chi connectivity index (χ3n) is 3.30. The number of rotatable bonds is 3. The maximum Gasteiger partial charge on any atom is 0.343 e. The molecule has 0 aliphatic heterocycles. The summed E-state index contributed by atoms with van der Waals surface area (Å²) in [4.78, 5) is 11.8. The zero-order chi connectivity index (χ0) is 14.8. The molecule has 3 aromatic rings. The summed E-state index contributed by atoms with van der Waals surface area (Å²) in [6.45, 7) is 2.06. The molecule has 0 bridgehead atoms. The van der Waals surface area contributed by atoms with Crippen molar-refractivity contribution in [2.75, 3.05) is 12.3 Å². The summed E-state index contributed by atoms with van der Waals surface area (Å²) in [6, 6.07) is 13.8. The third kappa shape index (κ3) is 2.23. The van der Waals surface area contributed by atoms with E-state index in [1.54, 1.807) is 11.6 Å². The normalized spacial score (nSPS) is 10.7. The van der Waals surface area contributed by atoms with Crippen molar-refractivity contribution in [2.24, 2.45) is 0 Å². The molecule has 106 valence electrons. The van der Waals surface area contributed by atoms with E-state index in [9.17, 15) is 4.79 Å². The maximum absolute atomic E-state index is 11.8. The molecule has 1 aromatic heterocycles. The van der Waals surface area contributed by atoms with Gasteiger partial charge in [-0.25, -0.2) is 9.48 Å². The third-order valence-corrected chi connectivity index (χ3v) is 3.30. The first kappa shape index (κ1) is 13.2. The largest absolute Gasteiger partial charge is 0.462 e. The Morgan fingerprint density at radius 2 is 2.00 bits per heavy atom. The highest BCUT2D eigenvalue weighted by atomic mass is 16.5. The predicted molar refractivity (Wildman–Crippen MR) is 81.4 cm³/mol. The molecule has 1 heterocycles. The highest BCUT2D eigenvalue weighted by Gasteiger charge is 2.17. The molecule has 0 saturated heterocycles. The Kier molecular flexibility index (Phi) is 3.31. The first-order chi connectivity index (χ1) is 10.2. The molecule has 5 heteroatoms. The van der Waals surface area contributed by atoms with Gasteiger partial charge in [0.15, 0.2) is 0 Å². The fourth-order valence-electron chi connectivity index (χ4n) is 2.31. The van der Waals surface area contributed by atoms with Crippen molar-refractivity contribution in [3.8, 4) is 5.69 Å². The molecular weight excluding hydrogens is 266 g/mol. The number of fused-ring (bicyclic) bond motifs is 1. The summed E-state index contributed by atoms with van der Waals surface area (Å²) < 4.78 is 6.54. The average molecular weight is 281 g/mol. The lowest BCUT2D eigenvalue weighted by molar-refractivity contribution is 0.0527. The molecule has 0 saturated carbocycles. The van der Waals surface area contributed by atoms with E-state index in [0.29, 0.717) is 6.61 Å². The Hall–Kier alpha value is -2.82. The second-order valence-corrected chi connectivity index (χ2v) is 4.57. The lowest BCUT2D eigenvalue weighted by atomic mass is 10.1. The molecule has 2 N–H and O–H groups in total. The predicted octanol–water partition coefficient (Wildman–Crippen LogP) is 2.78. The van der Waals surface area contributed by atoms with E-state index < -0.39 is 5.97 Å². The first-order valence-electron chi connectivity index (χ1n) is 6.71. The molecule has 0 atom stereocenters. The molecule has 5 nitrogen and oxygen atoms in total. The number of carbonyl (C=O) groups is 1. The van der Waals surface area contributed by atoms with Gasteiger partial charge in [0.05, 0.1) is 18.5 Å². The van der Waals surface area contributed by atoms with Crippen molar-refractivity contribution in [2.45, 2.75) is 6.92 Å². The van der Waals surface area contributed by atoms with Crippen LogP contribution >= 0.6 is 0 Å². The Balaban J connectivity index is 2.14. The van der Waals surface area contributed by atoms with Gasteiger partial charge in [0.1, 0.15) is 11.4 Å². The molecule has 0 spiro atoms. The Labute approximate surface area is 121 Å².